The molecule has 0 aromatic carbocycles. The van der Waals surface area contributed by atoms with Crippen LogP contribution in [0.4, 0.5) is 0 Å². The normalized spacial score (nSPS) is 30.1. The molecular weight excluding hydrogens is 348 g/mol. The standard InChI is InChI=1S/C23H42N4O/c1-25-22(24)26-23(18-28,13-12-19-8-3-2-4-9-19)17-20-10-7-11-21(16-20)27-14-5-6-15-27/h18-21H,2-17H2,1H3,(H3,24,25,26)/t20-,21-,23+/m0/s1. The van der Waals surface area contributed by atoms with Gasteiger partial charge in [0.2, 0.25) is 0 Å². The molecule has 1 aliphatic heterocycles. The maximum atomic E-state index is 12.4. The Morgan fingerprint density at radius 1 is 1.07 bits per heavy atom. The lowest BCUT2D eigenvalue weighted by atomic mass is 9.74. The molecule has 3 N–H and O–H groups in total. The summed E-state index contributed by atoms with van der Waals surface area (Å²) in [5.74, 6) is 1.79. The van der Waals surface area contributed by atoms with Gasteiger partial charge in [-0.1, -0.05) is 44.9 Å². The number of rotatable bonds is 8. The molecule has 3 aliphatic rings. The second-order valence-corrected chi connectivity index (χ2v) is 9.68. The van der Waals surface area contributed by atoms with Gasteiger partial charge in [-0.25, -0.2) is 0 Å². The van der Waals surface area contributed by atoms with Crippen LogP contribution in [0.5, 0.6) is 0 Å². The first-order chi connectivity index (χ1) is 13.6. The molecule has 2 saturated carbocycles. The number of nitrogens with one attached hydrogen (secondary N) is 1. The van der Waals surface area contributed by atoms with Crippen molar-refractivity contribution in [3.63, 3.8) is 0 Å². The summed E-state index contributed by atoms with van der Waals surface area (Å²) in [6.07, 6.45) is 18.6. The van der Waals surface area contributed by atoms with Gasteiger partial charge >= 0.3 is 0 Å². The lowest BCUT2D eigenvalue weighted by Crippen LogP contribution is -2.54. The molecule has 3 fully saturated rings. The highest BCUT2D eigenvalue weighted by atomic mass is 16.1. The Morgan fingerprint density at radius 3 is 2.46 bits per heavy atom. The predicted molar refractivity (Wildman–Crippen MR) is 116 cm³/mol. The van der Waals surface area contributed by atoms with E-state index in [1.807, 2.05) is 0 Å². The van der Waals surface area contributed by atoms with Crippen LogP contribution in [-0.4, -0.2) is 48.9 Å². The number of carbonyl (C=O) groups is 1. The summed E-state index contributed by atoms with van der Waals surface area (Å²) in [4.78, 5) is 19.2. The zero-order valence-corrected chi connectivity index (χ0v) is 18.0. The number of likely N-dealkylation sites (tertiary alicyclic amines) is 1. The molecule has 3 rings (SSSR count). The van der Waals surface area contributed by atoms with Crippen LogP contribution in [0.25, 0.3) is 0 Å². The maximum Gasteiger partial charge on any atom is 0.189 e. The molecule has 0 aromatic rings. The Kier molecular flexibility index (Phi) is 8.19. The van der Waals surface area contributed by atoms with E-state index >= 15 is 0 Å². The topological polar surface area (TPSA) is 70.7 Å². The van der Waals surface area contributed by atoms with Crippen molar-refractivity contribution in [2.45, 2.75) is 101 Å². The van der Waals surface area contributed by atoms with Gasteiger partial charge in [-0.2, -0.15) is 0 Å². The van der Waals surface area contributed by atoms with Gasteiger partial charge in [0.1, 0.15) is 6.29 Å². The SMILES string of the molecule is CN=C(N)N[C@](C=O)(CCC1CCCCC1)C[C@H]1CCC[C@H](N2CCCC2)C1. The molecule has 0 bridgehead atoms. The molecule has 0 unspecified atom stereocenters. The average molecular weight is 391 g/mol. The summed E-state index contributed by atoms with van der Waals surface area (Å²) in [5.41, 5.74) is 5.50. The Labute approximate surface area is 171 Å². The van der Waals surface area contributed by atoms with E-state index in [0.29, 0.717) is 11.9 Å². The van der Waals surface area contributed by atoms with E-state index in [2.05, 4.69) is 15.2 Å². The van der Waals surface area contributed by atoms with Crippen LogP contribution in [-0.2, 0) is 4.79 Å². The van der Waals surface area contributed by atoms with E-state index in [0.717, 1.165) is 37.5 Å². The second-order valence-electron chi connectivity index (χ2n) is 9.68. The largest absolute Gasteiger partial charge is 0.370 e. The molecule has 5 heteroatoms. The van der Waals surface area contributed by atoms with Crippen molar-refractivity contribution in [1.82, 2.24) is 10.2 Å². The first-order valence-corrected chi connectivity index (χ1v) is 11.8. The number of carbonyl (C=O) groups excluding carboxylic acids is 1. The minimum Gasteiger partial charge on any atom is -0.370 e. The van der Waals surface area contributed by atoms with E-state index in [1.54, 1.807) is 7.05 Å². The van der Waals surface area contributed by atoms with Gasteiger partial charge in [0.25, 0.3) is 0 Å². The van der Waals surface area contributed by atoms with Crippen molar-refractivity contribution < 1.29 is 4.79 Å². The lowest BCUT2D eigenvalue weighted by molar-refractivity contribution is -0.114. The third kappa shape index (κ3) is 5.95. The Bertz CT molecular complexity index is 511. The molecule has 3 atom stereocenters. The van der Waals surface area contributed by atoms with Gasteiger partial charge in [-0.05, 0) is 69.9 Å². The summed E-state index contributed by atoms with van der Waals surface area (Å²) in [6, 6.07) is 0.723. The zero-order chi connectivity index (χ0) is 19.8. The summed E-state index contributed by atoms with van der Waals surface area (Å²) in [7, 11) is 1.70. The first-order valence-electron chi connectivity index (χ1n) is 11.8. The van der Waals surface area contributed by atoms with E-state index in [4.69, 9.17) is 5.73 Å². The molecular formula is C23H42N4O. The van der Waals surface area contributed by atoms with E-state index in [9.17, 15) is 4.79 Å². The maximum absolute atomic E-state index is 12.4. The monoisotopic (exact) mass is 390 g/mol. The lowest BCUT2D eigenvalue weighted by Gasteiger charge is -2.40. The van der Waals surface area contributed by atoms with Crippen LogP contribution in [0.2, 0.25) is 0 Å². The van der Waals surface area contributed by atoms with Crippen LogP contribution < -0.4 is 11.1 Å². The summed E-state index contributed by atoms with van der Waals surface area (Å²) >= 11 is 0. The smallest absolute Gasteiger partial charge is 0.189 e. The molecule has 160 valence electrons. The van der Waals surface area contributed by atoms with E-state index in [-0.39, 0.29) is 0 Å². The van der Waals surface area contributed by atoms with Crippen LogP contribution in [0.3, 0.4) is 0 Å². The van der Waals surface area contributed by atoms with Crippen molar-refractivity contribution in [3.05, 3.63) is 0 Å². The number of aliphatic imine (C=N–C) groups is 1. The number of hydrogen-bond acceptors (Lipinski definition) is 3. The highest BCUT2D eigenvalue weighted by molar-refractivity contribution is 5.83. The van der Waals surface area contributed by atoms with Crippen molar-refractivity contribution in [2.75, 3.05) is 20.1 Å². The fraction of sp³-hybridized carbons (Fsp3) is 0.913. The van der Waals surface area contributed by atoms with Crippen LogP contribution in [0, 0.1) is 11.8 Å². The number of aldehydes is 1. The van der Waals surface area contributed by atoms with Gasteiger partial charge in [0.05, 0.1) is 5.54 Å². The molecule has 0 spiro atoms. The van der Waals surface area contributed by atoms with E-state index < -0.39 is 5.54 Å². The highest BCUT2D eigenvalue weighted by Crippen LogP contribution is 2.37. The zero-order valence-electron chi connectivity index (χ0n) is 18.0. The van der Waals surface area contributed by atoms with Gasteiger partial charge in [-0.15, -0.1) is 0 Å². The van der Waals surface area contributed by atoms with Crippen LogP contribution >= 0.6 is 0 Å². The summed E-state index contributed by atoms with van der Waals surface area (Å²) in [5, 5.41) is 3.35. The second kappa shape index (κ2) is 10.6. The molecule has 28 heavy (non-hydrogen) atoms. The predicted octanol–water partition coefficient (Wildman–Crippen LogP) is 3.86. The molecule has 2 aliphatic carbocycles. The fourth-order valence-electron chi connectivity index (χ4n) is 6.00. The van der Waals surface area contributed by atoms with Crippen molar-refractivity contribution in [3.8, 4) is 0 Å². The van der Waals surface area contributed by atoms with Gasteiger partial charge in [0.15, 0.2) is 5.96 Å². The molecule has 5 nitrogen and oxygen atoms in total. The van der Waals surface area contributed by atoms with Gasteiger partial charge in [-0.3, -0.25) is 4.99 Å². The van der Waals surface area contributed by atoms with Crippen LogP contribution in [0.15, 0.2) is 4.99 Å². The van der Waals surface area contributed by atoms with Gasteiger partial charge in [0, 0.05) is 13.1 Å². The average Bonchev–Trinajstić information content (AvgIpc) is 3.28. The Morgan fingerprint density at radius 2 is 1.79 bits per heavy atom. The van der Waals surface area contributed by atoms with Crippen molar-refractivity contribution in [2.24, 2.45) is 22.6 Å². The fourth-order valence-corrected chi connectivity index (χ4v) is 6.00. The molecule has 0 amide bonds. The highest BCUT2D eigenvalue weighted by Gasteiger charge is 2.37. The van der Waals surface area contributed by atoms with Crippen molar-refractivity contribution in [1.29, 1.82) is 0 Å². The molecule has 0 aromatic heterocycles. The van der Waals surface area contributed by atoms with Gasteiger partial charge < -0.3 is 20.7 Å². The number of nitrogens with two attached hydrogens (primary N) is 1. The number of guanidine groups is 1. The molecule has 1 saturated heterocycles. The van der Waals surface area contributed by atoms with Crippen LogP contribution in [0.1, 0.15) is 89.9 Å². The Hall–Kier alpha value is -1.10. The van der Waals surface area contributed by atoms with Crippen molar-refractivity contribution >= 4 is 12.2 Å². The quantitative estimate of drug-likeness (QED) is 0.375. The minimum absolute atomic E-state index is 0.405. The molecule has 1 heterocycles. The summed E-state index contributed by atoms with van der Waals surface area (Å²) < 4.78 is 0. The third-order valence-electron chi connectivity index (χ3n) is 7.63. The number of nitrogens with zero attached hydrogens (tertiary/aromatic N) is 2. The first kappa shape index (κ1) is 21.6. The summed E-state index contributed by atoms with van der Waals surface area (Å²) in [6.45, 7) is 2.54. The number of hydrogen-bond donors (Lipinski definition) is 2. The Balaban J connectivity index is 1.63. The van der Waals surface area contributed by atoms with E-state index in [1.165, 1.54) is 83.7 Å². The minimum atomic E-state index is -0.543. The molecule has 0 radical (unpaired) electrons. The third-order valence-corrected chi connectivity index (χ3v) is 7.63.